The van der Waals surface area contributed by atoms with Crippen LogP contribution in [-0.2, 0) is 7.05 Å². The third-order valence-electron chi connectivity index (χ3n) is 6.03. The molecule has 8 heteroatoms. The zero-order valence-electron chi connectivity index (χ0n) is 18.6. The van der Waals surface area contributed by atoms with Gasteiger partial charge in [-0.2, -0.15) is 0 Å². The lowest BCUT2D eigenvalue weighted by Gasteiger charge is -2.31. The first-order valence-corrected chi connectivity index (χ1v) is 11.2. The van der Waals surface area contributed by atoms with Crippen LogP contribution in [0.25, 0.3) is 11.4 Å². The Morgan fingerprint density at radius 1 is 1.19 bits per heavy atom. The molecular formula is C24H28ClN5O2. The third kappa shape index (κ3) is 4.95. The summed E-state index contributed by atoms with van der Waals surface area (Å²) in [4.78, 5) is 23.8. The third-order valence-corrected chi connectivity index (χ3v) is 6.36. The number of halogens is 1. The van der Waals surface area contributed by atoms with E-state index in [1.165, 1.54) is 19.0 Å². The number of carbonyl (C=O) groups is 1. The summed E-state index contributed by atoms with van der Waals surface area (Å²) in [5, 5.41) is 3.48. The first kappa shape index (κ1) is 22.3. The van der Waals surface area contributed by atoms with Gasteiger partial charge in [-0.05, 0) is 57.6 Å². The number of aryl methyl sites for hydroxylation is 1. The fourth-order valence-electron chi connectivity index (χ4n) is 3.86. The van der Waals surface area contributed by atoms with Gasteiger partial charge in [-0.3, -0.25) is 4.79 Å². The summed E-state index contributed by atoms with van der Waals surface area (Å²) in [6.45, 7) is 3.69. The van der Waals surface area contributed by atoms with Crippen LogP contribution < -0.4 is 10.1 Å². The Morgan fingerprint density at radius 2 is 2.03 bits per heavy atom. The summed E-state index contributed by atoms with van der Waals surface area (Å²) in [5.41, 5.74) is 2.87. The Morgan fingerprint density at radius 3 is 2.72 bits per heavy atom. The van der Waals surface area contributed by atoms with Gasteiger partial charge in [-0.15, -0.1) is 0 Å². The van der Waals surface area contributed by atoms with E-state index in [-0.39, 0.29) is 5.91 Å². The minimum absolute atomic E-state index is 0.250. The number of pyridine rings is 1. The molecule has 4 rings (SSSR count). The lowest BCUT2D eigenvalue weighted by Crippen LogP contribution is -2.40. The highest BCUT2D eigenvalue weighted by molar-refractivity contribution is 6.33. The first-order valence-electron chi connectivity index (χ1n) is 10.8. The molecule has 0 radical (unpaired) electrons. The minimum Gasteiger partial charge on any atom is -0.476 e. The van der Waals surface area contributed by atoms with Gasteiger partial charge in [0.15, 0.2) is 0 Å². The van der Waals surface area contributed by atoms with E-state index >= 15 is 0 Å². The molecule has 3 aromatic rings. The van der Waals surface area contributed by atoms with Crippen molar-refractivity contribution in [2.45, 2.75) is 32.2 Å². The van der Waals surface area contributed by atoms with Gasteiger partial charge >= 0.3 is 0 Å². The van der Waals surface area contributed by atoms with E-state index in [1.54, 1.807) is 30.5 Å². The summed E-state index contributed by atoms with van der Waals surface area (Å²) in [6.07, 6.45) is 6.94. The molecule has 1 N–H and O–H groups in total. The molecule has 1 amide bonds. The van der Waals surface area contributed by atoms with Crippen molar-refractivity contribution in [3.8, 4) is 17.3 Å². The number of likely N-dealkylation sites (tertiary alicyclic amines) is 1. The lowest BCUT2D eigenvalue weighted by atomic mass is 10.0. The maximum absolute atomic E-state index is 12.7. The van der Waals surface area contributed by atoms with Gasteiger partial charge in [0.05, 0.1) is 10.6 Å². The molecule has 1 aliphatic rings. The molecule has 2 aromatic heterocycles. The zero-order valence-corrected chi connectivity index (χ0v) is 19.4. The summed E-state index contributed by atoms with van der Waals surface area (Å²) in [6, 6.07) is 9.23. The van der Waals surface area contributed by atoms with Crippen molar-refractivity contribution < 1.29 is 9.53 Å². The summed E-state index contributed by atoms with van der Waals surface area (Å²) in [5.74, 6) is 1.02. The monoisotopic (exact) mass is 453 g/mol. The van der Waals surface area contributed by atoms with Crippen LogP contribution in [0.1, 0.15) is 35.3 Å². The van der Waals surface area contributed by atoms with E-state index in [0.717, 1.165) is 30.0 Å². The SMILES string of the molecule is Cc1cnc(-c2cc(NC(=O)c3ccc(OC[C@H]4CCCCN4C)nc3)ccc2Cl)n1C. The fraction of sp³-hybridized carbons (Fsp3) is 0.375. The molecule has 1 atom stereocenters. The van der Waals surface area contributed by atoms with Gasteiger partial charge in [0.25, 0.3) is 5.91 Å². The highest BCUT2D eigenvalue weighted by Crippen LogP contribution is 2.30. The Labute approximate surface area is 193 Å². The number of hydrogen-bond acceptors (Lipinski definition) is 5. The highest BCUT2D eigenvalue weighted by atomic mass is 35.5. The highest BCUT2D eigenvalue weighted by Gasteiger charge is 2.19. The van der Waals surface area contributed by atoms with Crippen LogP contribution >= 0.6 is 11.6 Å². The minimum atomic E-state index is -0.250. The van der Waals surface area contributed by atoms with Crippen LogP contribution in [0.2, 0.25) is 5.02 Å². The van der Waals surface area contributed by atoms with Crippen molar-refractivity contribution >= 4 is 23.2 Å². The number of nitrogens with one attached hydrogen (secondary N) is 1. The number of ether oxygens (including phenoxy) is 1. The van der Waals surface area contributed by atoms with Crippen LogP contribution in [0.4, 0.5) is 5.69 Å². The predicted molar refractivity (Wildman–Crippen MR) is 126 cm³/mol. The number of likely N-dealkylation sites (N-methyl/N-ethyl adjacent to an activating group) is 1. The molecule has 0 aliphatic carbocycles. The fourth-order valence-corrected chi connectivity index (χ4v) is 4.06. The van der Waals surface area contributed by atoms with E-state index in [4.69, 9.17) is 16.3 Å². The van der Waals surface area contributed by atoms with Gasteiger partial charge < -0.3 is 19.5 Å². The average molecular weight is 454 g/mol. The van der Waals surface area contributed by atoms with Gasteiger partial charge in [0.1, 0.15) is 12.4 Å². The van der Waals surface area contributed by atoms with E-state index in [9.17, 15) is 4.79 Å². The molecule has 1 aromatic carbocycles. The van der Waals surface area contributed by atoms with Crippen molar-refractivity contribution in [1.29, 1.82) is 0 Å². The first-order chi connectivity index (χ1) is 15.4. The van der Waals surface area contributed by atoms with E-state index in [2.05, 4.69) is 27.2 Å². The maximum Gasteiger partial charge on any atom is 0.257 e. The Balaban J connectivity index is 1.40. The molecule has 0 unspecified atom stereocenters. The zero-order chi connectivity index (χ0) is 22.7. The number of nitrogens with zero attached hydrogens (tertiary/aromatic N) is 4. The van der Waals surface area contributed by atoms with E-state index in [0.29, 0.717) is 34.8 Å². The normalized spacial score (nSPS) is 16.7. The molecule has 0 spiro atoms. The smallest absolute Gasteiger partial charge is 0.257 e. The second kappa shape index (κ2) is 9.71. The number of carbonyl (C=O) groups excluding carboxylic acids is 1. The van der Waals surface area contributed by atoms with E-state index < -0.39 is 0 Å². The lowest BCUT2D eigenvalue weighted by molar-refractivity contribution is 0.102. The van der Waals surface area contributed by atoms with Crippen molar-refractivity contribution in [3.63, 3.8) is 0 Å². The number of anilines is 1. The topological polar surface area (TPSA) is 72.3 Å². The van der Waals surface area contributed by atoms with Crippen molar-refractivity contribution in [1.82, 2.24) is 19.4 Å². The number of piperidine rings is 1. The predicted octanol–water partition coefficient (Wildman–Crippen LogP) is 4.56. The van der Waals surface area contributed by atoms with Crippen LogP contribution in [0, 0.1) is 6.92 Å². The largest absolute Gasteiger partial charge is 0.476 e. The second-order valence-corrected chi connectivity index (χ2v) is 8.66. The summed E-state index contributed by atoms with van der Waals surface area (Å²) < 4.78 is 7.81. The van der Waals surface area contributed by atoms with Gasteiger partial charge in [0, 0.05) is 48.5 Å². The maximum atomic E-state index is 12.7. The van der Waals surface area contributed by atoms with Crippen molar-refractivity contribution in [3.05, 3.63) is 59.0 Å². The molecule has 1 aliphatic heterocycles. The van der Waals surface area contributed by atoms with E-state index in [1.807, 2.05) is 24.6 Å². The molecule has 0 saturated carbocycles. The Bertz CT molecular complexity index is 1100. The molecular weight excluding hydrogens is 426 g/mol. The van der Waals surface area contributed by atoms with Gasteiger partial charge in [0.2, 0.25) is 5.88 Å². The molecule has 1 fully saturated rings. The molecule has 168 valence electrons. The number of amides is 1. The molecule has 3 heterocycles. The van der Waals surface area contributed by atoms with Crippen molar-refractivity contribution in [2.75, 3.05) is 25.5 Å². The molecule has 7 nitrogen and oxygen atoms in total. The summed E-state index contributed by atoms with van der Waals surface area (Å²) >= 11 is 6.38. The number of hydrogen-bond donors (Lipinski definition) is 1. The molecule has 1 saturated heterocycles. The quantitative estimate of drug-likeness (QED) is 0.592. The molecule has 0 bridgehead atoms. The van der Waals surface area contributed by atoms with Crippen LogP contribution in [0.5, 0.6) is 5.88 Å². The van der Waals surface area contributed by atoms with Crippen LogP contribution in [0.3, 0.4) is 0 Å². The number of benzene rings is 1. The number of rotatable bonds is 6. The standard InChI is InChI=1S/C24H28ClN5O2/c1-16-13-27-23(30(16)3)20-12-18(8-9-21(20)25)28-24(31)17-7-10-22(26-14-17)32-15-19-6-4-5-11-29(19)2/h7-10,12-14,19H,4-6,11,15H2,1-3H3,(H,28,31)/t19-/m1/s1. The molecule has 32 heavy (non-hydrogen) atoms. The number of aromatic nitrogens is 3. The number of imidazole rings is 1. The average Bonchev–Trinajstić information content (AvgIpc) is 3.13. The van der Waals surface area contributed by atoms with Crippen LogP contribution in [-0.4, -0.2) is 51.6 Å². The van der Waals surface area contributed by atoms with Crippen LogP contribution in [0.15, 0.2) is 42.7 Å². The van der Waals surface area contributed by atoms with Crippen molar-refractivity contribution in [2.24, 2.45) is 7.05 Å². The Hall–Kier alpha value is -2.90. The second-order valence-electron chi connectivity index (χ2n) is 8.26. The Kier molecular flexibility index (Phi) is 6.77. The van der Waals surface area contributed by atoms with Gasteiger partial charge in [-0.25, -0.2) is 9.97 Å². The van der Waals surface area contributed by atoms with Gasteiger partial charge in [-0.1, -0.05) is 18.0 Å². The summed E-state index contributed by atoms with van der Waals surface area (Å²) in [7, 11) is 4.06.